The van der Waals surface area contributed by atoms with Crippen molar-refractivity contribution >= 4 is 11.9 Å². The van der Waals surface area contributed by atoms with E-state index in [1.807, 2.05) is 6.92 Å². The van der Waals surface area contributed by atoms with Crippen molar-refractivity contribution in [2.24, 2.45) is 5.92 Å². The average Bonchev–Trinajstić information content (AvgIpc) is 2.44. The van der Waals surface area contributed by atoms with Gasteiger partial charge in [0.2, 0.25) is 0 Å². The van der Waals surface area contributed by atoms with Gasteiger partial charge in [0.05, 0.1) is 13.2 Å². The van der Waals surface area contributed by atoms with Gasteiger partial charge >= 0.3 is 11.9 Å². The van der Waals surface area contributed by atoms with E-state index in [-0.39, 0.29) is 11.9 Å². The van der Waals surface area contributed by atoms with E-state index in [4.69, 9.17) is 9.47 Å². The third-order valence-electron chi connectivity index (χ3n) is 3.25. The fraction of sp³-hybridized carbons (Fsp3) is 0.875. The minimum atomic E-state index is -0.221. The molecule has 0 saturated carbocycles. The summed E-state index contributed by atoms with van der Waals surface area (Å²) in [6, 6.07) is 0. The molecule has 0 heterocycles. The first-order valence-electron chi connectivity index (χ1n) is 7.91. The van der Waals surface area contributed by atoms with Crippen molar-refractivity contribution in [2.75, 3.05) is 13.2 Å². The van der Waals surface area contributed by atoms with E-state index >= 15 is 0 Å². The molecule has 0 rings (SSSR count). The van der Waals surface area contributed by atoms with Crippen LogP contribution in [0.3, 0.4) is 0 Å². The number of carbonyl (C=O) groups excluding carboxylic acids is 2. The molecule has 0 aliphatic rings. The van der Waals surface area contributed by atoms with Crippen LogP contribution >= 0.6 is 0 Å². The molecule has 1 unspecified atom stereocenters. The Morgan fingerprint density at radius 2 is 1.55 bits per heavy atom. The van der Waals surface area contributed by atoms with Crippen molar-refractivity contribution < 1.29 is 19.1 Å². The number of hydrogen-bond acceptors (Lipinski definition) is 4. The summed E-state index contributed by atoms with van der Waals surface area (Å²) in [5.41, 5.74) is 0. The standard InChI is InChI=1S/C16H30O4/c1-4-6-7-8-12-19-15(17)10-9-11-16(18)20-13-14(3)5-2/h14H,4-13H2,1-3H3. The van der Waals surface area contributed by atoms with Gasteiger partial charge in [0.15, 0.2) is 0 Å². The lowest BCUT2D eigenvalue weighted by molar-refractivity contribution is -0.146. The molecule has 0 bridgehead atoms. The predicted molar refractivity (Wildman–Crippen MR) is 79.4 cm³/mol. The maximum absolute atomic E-state index is 11.4. The monoisotopic (exact) mass is 286 g/mol. The van der Waals surface area contributed by atoms with E-state index < -0.39 is 0 Å². The Balaban J connectivity index is 3.44. The molecule has 0 aromatic heterocycles. The van der Waals surface area contributed by atoms with Gasteiger partial charge in [-0.05, 0) is 18.8 Å². The quantitative estimate of drug-likeness (QED) is 0.404. The second-order valence-electron chi connectivity index (χ2n) is 5.33. The molecule has 0 aromatic rings. The van der Waals surface area contributed by atoms with Crippen LogP contribution in [0.4, 0.5) is 0 Å². The number of ether oxygens (including phenoxy) is 2. The van der Waals surface area contributed by atoms with Crippen LogP contribution in [0.1, 0.15) is 72.1 Å². The fourth-order valence-electron chi connectivity index (χ4n) is 1.59. The molecule has 0 radical (unpaired) electrons. The van der Waals surface area contributed by atoms with Crippen LogP contribution in [0.15, 0.2) is 0 Å². The number of rotatable bonds is 12. The third kappa shape index (κ3) is 12.0. The zero-order valence-electron chi connectivity index (χ0n) is 13.3. The van der Waals surface area contributed by atoms with Gasteiger partial charge in [0.1, 0.15) is 0 Å². The summed E-state index contributed by atoms with van der Waals surface area (Å²) < 4.78 is 10.2. The highest BCUT2D eigenvalue weighted by Gasteiger charge is 2.08. The van der Waals surface area contributed by atoms with Crippen molar-refractivity contribution in [1.29, 1.82) is 0 Å². The molecule has 4 nitrogen and oxygen atoms in total. The molecular formula is C16H30O4. The molecule has 0 aromatic carbocycles. The Morgan fingerprint density at radius 3 is 2.15 bits per heavy atom. The highest BCUT2D eigenvalue weighted by molar-refractivity contribution is 5.72. The first kappa shape index (κ1) is 18.9. The Bertz CT molecular complexity index is 263. The molecule has 0 fully saturated rings. The Morgan fingerprint density at radius 1 is 0.900 bits per heavy atom. The molecule has 0 N–H and O–H groups in total. The molecule has 0 aliphatic carbocycles. The molecule has 4 heteroatoms. The summed E-state index contributed by atoms with van der Waals surface area (Å²) in [5, 5.41) is 0. The fourth-order valence-corrected chi connectivity index (χ4v) is 1.59. The van der Waals surface area contributed by atoms with E-state index in [0.29, 0.717) is 38.4 Å². The van der Waals surface area contributed by atoms with Crippen LogP contribution in [-0.4, -0.2) is 25.2 Å². The van der Waals surface area contributed by atoms with Gasteiger partial charge in [-0.2, -0.15) is 0 Å². The van der Waals surface area contributed by atoms with Crippen molar-refractivity contribution in [3.63, 3.8) is 0 Å². The highest BCUT2D eigenvalue weighted by atomic mass is 16.5. The first-order chi connectivity index (χ1) is 9.60. The van der Waals surface area contributed by atoms with Crippen LogP contribution < -0.4 is 0 Å². The van der Waals surface area contributed by atoms with Gasteiger partial charge in [-0.15, -0.1) is 0 Å². The van der Waals surface area contributed by atoms with Gasteiger partial charge in [-0.1, -0.05) is 46.5 Å². The van der Waals surface area contributed by atoms with Gasteiger partial charge < -0.3 is 9.47 Å². The van der Waals surface area contributed by atoms with E-state index in [1.165, 1.54) is 12.8 Å². The first-order valence-corrected chi connectivity index (χ1v) is 7.91. The summed E-state index contributed by atoms with van der Waals surface area (Å²) in [6.45, 7) is 7.22. The van der Waals surface area contributed by atoms with Crippen LogP contribution in [0.5, 0.6) is 0 Å². The van der Waals surface area contributed by atoms with Gasteiger partial charge in [-0.25, -0.2) is 0 Å². The normalized spacial score (nSPS) is 11.9. The minimum Gasteiger partial charge on any atom is -0.466 e. The Kier molecular flexibility index (Phi) is 12.3. The molecule has 0 saturated heterocycles. The SMILES string of the molecule is CCCCCCOC(=O)CCCC(=O)OCC(C)CC. The van der Waals surface area contributed by atoms with Crippen LogP contribution in [0.25, 0.3) is 0 Å². The summed E-state index contributed by atoms with van der Waals surface area (Å²) >= 11 is 0. The second-order valence-corrected chi connectivity index (χ2v) is 5.33. The average molecular weight is 286 g/mol. The number of hydrogen-bond donors (Lipinski definition) is 0. The van der Waals surface area contributed by atoms with E-state index in [9.17, 15) is 9.59 Å². The van der Waals surface area contributed by atoms with Gasteiger partial charge in [0.25, 0.3) is 0 Å². The van der Waals surface area contributed by atoms with E-state index in [0.717, 1.165) is 19.3 Å². The zero-order chi connectivity index (χ0) is 15.2. The Labute approximate surface area is 123 Å². The zero-order valence-corrected chi connectivity index (χ0v) is 13.3. The molecule has 20 heavy (non-hydrogen) atoms. The van der Waals surface area contributed by atoms with Crippen LogP contribution in [-0.2, 0) is 19.1 Å². The lowest BCUT2D eigenvalue weighted by Crippen LogP contribution is -2.12. The smallest absolute Gasteiger partial charge is 0.305 e. The van der Waals surface area contributed by atoms with E-state index in [2.05, 4.69) is 13.8 Å². The van der Waals surface area contributed by atoms with E-state index in [1.54, 1.807) is 0 Å². The molecule has 0 aliphatic heterocycles. The number of carbonyl (C=O) groups is 2. The maximum Gasteiger partial charge on any atom is 0.305 e. The summed E-state index contributed by atoms with van der Waals surface area (Å²) in [6.07, 6.45) is 6.48. The largest absolute Gasteiger partial charge is 0.466 e. The van der Waals surface area contributed by atoms with Crippen molar-refractivity contribution in [3.05, 3.63) is 0 Å². The lowest BCUT2D eigenvalue weighted by Gasteiger charge is -2.09. The van der Waals surface area contributed by atoms with Crippen molar-refractivity contribution in [1.82, 2.24) is 0 Å². The molecular weight excluding hydrogens is 256 g/mol. The third-order valence-corrected chi connectivity index (χ3v) is 3.25. The summed E-state index contributed by atoms with van der Waals surface area (Å²) in [5.74, 6) is -0.0377. The van der Waals surface area contributed by atoms with Crippen molar-refractivity contribution in [3.8, 4) is 0 Å². The second kappa shape index (κ2) is 12.9. The molecule has 1 atom stereocenters. The molecule has 0 spiro atoms. The predicted octanol–water partition coefficient (Wildman–Crippen LogP) is 3.87. The molecule has 118 valence electrons. The number of unbranched alkanes of at least 4 members (excludes halogenated alkanes) is 3. The summed E-state index contributed by atoms with van der Waals surface area (Å²) in [4.78, 5) is 22.8. The maximum atomic E-state index is 11.4. The number of esters is 2. The summed E-state index contributed by atoms with van der Waals surface area (Å²) in [7, 11) is 0. The van der Waals surface area contributed by atoms with Crippen LogP contribution in [0.2, 0.25) is 0 Å². The highest BCUT2D eigenvalue weighted by Crippen LogP contribution is 2.05. The van der Waals surface area contributed by atoms with Crippen LogP contribution in [0, 0.1) is 5.92 Å². The molecule has 0 amide bonds. The van der Waals surface area contributed by atoms with Gasteiger partial charge in [-0.3, -0.25) is 9.59 Å². The van der Waals surface area contributed by atoms with Gasteiger partial charge in [0, 0.05) is 12.8 Å². The van der Waals surface area contributed by atoms with Crippen molar-refractivity contribution in [2.45, 2.75) is 72.1 Å². The topological polar surface area (TPSA) is 52.6 Å². The Hall–Kier alpha value is -1.06. The minimum absolute atomic E-state index is 0.212. The lowest BCUT2D eigenvalue weighted by atomic mass is 10.1.